The van der Waals surface area contributed by atoms with Crippen LogP contribution in [-0.2, 0) is 11.2 Å². The summed E-state index contributed by atoms with van der Waals surface area (Å²) in [5.74, 6) is 0.141. The third-order valence-corrected chi connectivity index (χ3v) is 3.80. The van der Waals surface area contributed by atoms with Crippen LogP contribution in [0.1, 0.15) is 38.7 Å². The maximum atomic E-state index is 12.3. The minimum Gasteiger partial charge on any atom is -0.399 e. The maximum Gasteiger partial charge on any atom is 0.226 e. The van der Waals surface area contributed by atoms with E-state index in [1.807, 2.05) is 36.9 Å². The van der Waals surface area contributed by atoms with E-state index in [0.29, 0.717) is 19.4 Å². The van der Waals surface area contributed by atoms with Gasteiger partial charge in [-0.2, -0.15) is 5.26 Å². The van der Waals surface area contributed by atoms with Gasteiger partial charge in [0.15, 0.2) is 0 Å². The molecule has 0 unspecified atom stereocenters. The highest BCUT2D eigenvalue weighted by Gasteiger charge is 2.25. The molecule has 1 aromatic rings. The van der Waals surface area contributed by atoms with Crippen LogP contribution >= 0.6 is 0 Å². The van der Waals surface area contributed by atoms with Gasteiger partial charge in [-0.15, -0.1) is 0 Å². The van der Waals surface area contributed by atoms with Gasteiger partial charge < -0.3 is 10.6 Å². The first-order valence-electron chi connectivity index (χ1n) is 7.03. The first-order chi connectivity index (χ1) is 9.43. The highest BCUT2D eigenvalue weighted by Crippen LogP contribution is 2.30. The third kappa shape index (κ3) is 3.11. The lowest BCUT2D eigenvalue weighted by Gasteiger charge is -2.26. The van der Waals surface area contributed by atoms with Crippen LogP contribution in [-0.4, -0.2) is 12.5 Å². The van der Waals surface area contributed by atoms with Gasteiger partial charge in [0.1, 0.15) is 0 Å². The standard InChI is InChI=1S/C16H21N3O/c1-16(2,11-17)8-9-19-14-7-6-13(18)10-12(14)4-3-5-15(19)20/h6-7,10H,3-5,8-9,18H2,1-2H3. The van der Waals surface area contributed by atoms with Crippen molar-refractivity contribution < 1.29 is 4.79 Å². The van der Waals surface area contributed by atoms with Gasteiger partial charge in [-0.25, -0.2) is 0 Å². The van der Waals surface area contributed by atoms with Gasteiger partial charge >= 0.3 is 0 Å². The van der Waals surface area contributed by atoms with Crippen molar-refractivity contribution in [2.24, 2.45) is 5.41 Å². The number of hydrogen-bond acceptors (Lipinski definition) is 3. The molecule has 0 bridgehead atoms. The molecule has 1 aliphatic rings. The van der Waals surface area contributed by atoms with Gasteiger partial charge in [-0.05, 0) is 56.9 Å². The number of carbonyl (C=O) groups excluding carboxylic acids is 1. The zero-order chi connectivity index (χ0) is 14.8. The minimum absolute atomic E-state index is 0.141. The Hall–Kier alpha value is -2.02. The van der Waals surface area contributed by atoms with Crippen LogP contribution in [0.15, 0.2) is 18.2 Å². The predicted molar refractivity (Wildman–Crippen MR) is 80.2 cm³/mol. The Kier molecular flexibility index (Phi) is 3.99. The molecule has 0 atom stereocenters. The Morgan fingerprint density at radius 1 is 1.40 bits per heavy atom. The van der Waals surface area contributed by atoms with E-state index < -0.39 is 5.41 Å². The number of nitrogen functional groups attached to an aromatic ring is 1. The maximum absolute atomic E-state index is 12.3. The molecule has 1 aliphatic heterocycles. The first kappa shape index (κ1) is 14.4. The molecular weight excluding hydrogens is 250 g/mol. The molecule has 1 aromatic carbocycles. The summed E-state index contributed by atoms with van der Waals surface area (Å²) in [5.41, 5.74) is 8.23. The van der Waals surface area contributed by atoms with Gasteiger partial charge in [0.05, 0.1) is 11.5 Å². The number of hydrogen-bond donors (Lipinski definition) is 1. The topological polar surface area (TPSA) is 70.1 Å². The minimum atomic E-state index is -0.416. The number of carbonyl (C=O) groups is 1. The zero-order valence-corrected chi connectivity index (χ0v) is 12.1. The van der Waals surface area contributed by atoms with Crippen molar-refractivity contribution in [2.75, 3.05) is 17.2 Å². The van der Waals surface area contributed by atoms with E-state index in [0.717, 1.165) is 29.8 Å². The third-order valence-electron chi connectivity index (χ3n) is 3.80. The Labute approximate surface area is 120 Å². The average Bonchev–Trinajstić information content (AvgIpc) is 2.55. The van der Waals surface area contributed by atoms with Crippen molar-refractivity contribution in [1.82, 2.24) is 0 Å². The van der Waals surface area contributed by atoms with Gasteiger partial charge in [0.25, 0.3) is 0 Å². The number of benzene rings is 1. The van der Waals surface area contributed by atoms with Crippen LogP contribution in [0.5, 0.6) is 0 Å². The summed E-state index contributed by atoms with van der Waals surface area (Å²) in [4.78, 5) is 14.1. The lowest BCUT2D eigenvalue weighted by atomic mass is 9.91. The van der Waals surface area contributed by atoms with E-state index in [9.17, 15) is 4.79 Å². The molecule has 106 valence electrons. The molecule has 4 nitrogen and oxygen atoms in total. The number of anilines is 2. The number of amides is 1. The van der Waals surface area contributed by atoms with Crippen molar-refractivity contribution in [1.29, 1.82) is 5.26 Å². The SMILES string of the molecule is CC(C)(C#N)CCN1C(=O)CCCc2cc(N)ccc21. The molecule has 0 spiro atoms. The largest absolute Gasteiger partial charge is 0.399 e. The number of nitrogens with two attached hydrogens (primary N) is 1. The van der Waals surface area contributed by atoms with Crippen LogP contribution in [0.2, 0.25) is 0 Å². The Morgan fingerprint density at radius 3 is 2.85 bits per heavy atom. The molecule has 0 aliphatic carbocycles. The summed E-state index contributed by atoms with van der Waals surface area (Å²) in [6.45, 7) is 4.38. The predicted octanol–water partition coefficient (Wildman–Crippen LogP) is 2.88. The summed E-state index contributed by atoms with van der Waals surface area (Å²) < 4.78 is 0. The molecule has 0 saturated heterocycles. The van der Waals surface area contributed by atoms with Crippen LogP contribution < -0.4 is 10.6 Å². The number of fused-ring (bicyclic) bond motifs is 1. The second kappa shape index (κ2) is 5.54. The molecule has 2 rings (SSSR count). The summed E-state index contributed by atoms with van der Waals surface area (Å²) in [6.07, 6.45) is 2.96. The van der Waals surface area contributed by atoms with Gasteiger partial charge in [0.2, 0.25) is 5.91 Å². The lowest BCUT2D eigenvalue weighted by Crippen LogP contribution is -2.33. The molecule has 0 fully saturated rings. The van der Waals surface area contributed by atoms with Crippen LogP contribution in [0.25, 0.3) is 0 Å². The fourth-order valence-electron chi connectivity index (χ4n) is 2.46. The number of nitrogens with zero attached hydrogens (tertiary/aromatic N) is 2. The molecule has 0 aromatic heterocycles. The van der Waals surface area contributed by atoms with Crippen molar-refractivity contribution in [3.63, 3.8) is 0 Å². The van der Waals surface area contributed by atoms with Crippen molar-refractivity contribution in [3.8, 4) is 6.07 Å². The van der Waals surface area contributed by atoms with E-state index in [4.69, 9.17) is 11.0 Å². The number of aryl methyl sites for hydroxylation is 1. The first-order valence-corrected chi connectivity index (χ1v) is 7.03. The van der Waals surface area contributed by atoms with Crippen molar-refractivity contribution >= 4 is 17.3 Å². The smallest absolute Gasteiger partial charge is 0.226 e. The second-order valence-electron chi connectivity index (χ2n) is 6.03. The fraction of sp³-hybridized carbons (Fsp3) is 0.500. The van der Waals surface area contributed by atoms with E-state index >= 15 is 0 Å². The second-order valence-corrected chi connectivity index (χ2v) is 6.03. The normalized spacial score (nSPS) is 15.4. The van der Waals surface area contributed by atoms with Crippen LogP contribution in [0.3, 0.4) is 0 Å². The molecular formula is C16H21N3O. The molecule has 1 heterocycles. The zero-order valence-electron chi connectivity index (χ0n) is 12.1. The van der Waals surface area contributed by atoms with E-state index in [2.05, 4.69) is 6.07 Å². The van der Waals surface area contributed by atoms with Crippen LogP contribution in [0.4, 0.5) is 11.4 Å². The average molecular weight is 271 g/mol. The molecule has 0 saturated carbocycles. The van der Waals surface area contributed by atoms with Crippen LogP contribution in [0, 0.1) is 16.7 Å². The molecule has 4 heteroatoms. The summed E-state index contributed by atoms with van der Waals surface area (Å²) in [6, 6.07) is 8.00. The van der Waals surface area contributed by atoms with E-state index in [1.54, 1.807) is 0 Å². The van der Waals surface area contributed by atoms with Gasteiger partial charge in [0, 0.05) is 24.3 Å². The summed E-state index contributed by atoms with van der Waals surface area (Å²) >= 11 is 0. The van der Waals surface area contributed by atoms with E-state index in [-0.39, 0.29) is 5.91 Å². The number of nitriles is 1. The van der Waals surface area contributed by atoms with Crippen molar-refractivity contribution in [2.45, 2.75) is 39.5 Å². The molecule has 20 heavy (non-hydrogen) atoms. The Bertz CT molecular complexity index is 557. The summed E-state index contributed by atoms with van der Waals surface area (Å²) in [5, 5.41) is 9.11. The highest BCUT2D eigenvalue weighted by molar-refractivity contribution is 5.95. The fourth-order valence-corrected chi connectivity index (χ4v) is 2.46. The monoisotopic (exact) mass is 271 g/mol. The van der Waals surface area contributed by atoms with Gasteiger partial charge in [-0.1, -0.05) is 0 Å². The molecule has 1 amide bonds. The highest BCUT2D eigenvalue weighted by atomic mass is 16.2. The van der Waals surface area contributed by atoms with E-state index in [1.165, 1.54) is 0 Å². The lowest BCUT2D eigenvalue weighted by molar-refractivity contribution is -0.118. The quantitative estimate of drug-likeness (QED) is 0.859. The Balaban J connectivity index is 2.27. The Morgan fingerprint density at radius 2 is 2.15 bits per heavy atom. The summed E-state index contributed by atoms with van der Waals surface area (Å²) in [7, 11) is 0. The molecule has 2 N–H and O–H groups in total. The number of rotatable bonds is 3. The van der Waals surface area contributed by atoms with Crippen molar-refractivity contribution in [3.05, 3.63) is 23.8 Å². The van der Waals surface area contributed by atoms with Gasteiger partial charge in [-0.3, -0.25) is 4.79 Å². The molecule has 0 radical (unpaired) electrons.